The summed E-state index contributed by atoms with van der Waals surface area (Å²) in [5, 5.41) is 7.99. The predicted octanol–water partition coefficient (Wildman–Crippen LogP) is 3.02. The molecule has 1 heterocycles. The summed E-state index contributed by atoms with van der Waals surface area (Å²) in [6.45, 7) is 0.414. The van der Waals surface area contributed by atoms with Gasteiger partial charge in [-0.3, -0.25) is 9.21 Å². The monoisotopic (exact) mass is 419 g/mol. The van der Waals surface area contributed by atoms with Crippen LogP contribution in [0.4, 0.5) is 5.69 Å². The van der Waals surface area contributed by atoms with E-state index in [1.54, 1.807) is 24.3 Å². The Morgan fingerprint density at radius 3 is 2.39 bits per heavy atom. The zero-order valence-electron chi connectivity index (χ0n) is 14.7. The summed E-state index contributed by atoms with van der Waals surface area (Å²) in [5.41, 5.74) is 2.05. The van der Waals surface area contributed by atoms with Crippen LogP contribution in [0.3, 0.4) is 0 Å². The lowest BCUT2D eigenvalue weighted by Gasteiger charge is -2.15. The maximum Gasteiger partial charge on any atom is 0.251 e. The molecule has 3 N–H and O–H groups in total. The van der Waals surface area contributed by atoms with E-state index in [1.807, 2.05) is 30.3 Å². The van der Waals surface area contributed by atoms with E-state index < -0.39 is 10.0 Å². The van der Waals surface area contributed by atoms with Crippen LogP contribution in [-0.2, 0) is 23.1 Å². The Bertz CT molecular complexity index is 1050. The van der Waals surface area contributed by atoms with E-state index in [0.717, 1.165) is 5.56 Å². The summed E-state index contributed by atoms with van der Waals surface area (Å²) in [6, 6.07) is 17.4. The van der Waals surface area contributed by atoms with E-state index >= 15 is 0 Å². The quantitative estimate of drug-likeness (QED) is 0.572. The number of hydrogen-bond donors (Lipinski definition) is 2. The van der Waals surface area contributed by atoms with Gasteiger partial charge in [-0.05, 0) is 35.9 Å². The van der Waals surface area contributed by atoms with Gasteiger partial charge in [-0.1, -0.05) is 30.3 Å². The molecule has 0 aliphatic rings. The highest BCUT2D eigenvalue weighted by molar-refractivity contribution is 7.89. The molecule has 1 aromatic heterocycles. The van der Waals surface area contributed by atoms with Crippen LogP contribution in [0, 0.1) is 0 Å². The van der Waals surface area contributed by atoms with Gasteiger partial charge in [0.25, 0.3) is 5.91 Å². The van der Waals surface area contributed by atoms with Gasteiger partial charge in [0.2, 0.25) is 10.0 Å². The number of rotatable bonds is 7. The minimum atomic E-state index is -3.90. The molecular weight excluding hydrogens is 402 g/mol. The molecule has 0 spiro atoms. The van der Waals surface area contributed by atoms with Crippen molar-refractivity contribution in [1.82, 2.24) is 5.32 Å². The summed E-state index contributed by atoms with van der Waals surface area (Å²) in [4.78, 5) is 12.1. The number of sulfonamides is 1. The number of anilines is 1. The van der Waals surface area contributed by atoms with Crippen LogP contribution in [0.1, 0.15) is 21.7 Å². The normalized spacial score (nSPS) is 11.2. The number of nitrogens with one attached hydrogen (secondary N) is 1. The third-order valence-electron chi connectivity index (χ3n) is 4.00. The van der Waals surface area contributed by atoms with E-state index in [2.05, 4.69) is 5.32 Å². The largest absolute Gasteiger partial charge is 0.466 e. The molecule has 0 bridgehead atoms. The summed E-state index contributed by atoms with van der Waals surface area (Å²) in [5.74, 6) is -0.0822. The topological polar surface area (TPSA) is 106 Å². The highest BCUT2D eigenvalue weighted by Crippen LogP contribution is 2.24. The number of nitrogens with two attached hydrogens (primary N) is 1. The molecule has 146 valence electrons. The fourth-order valence-corrected chi connectivity index (χ4v) is 3.47. The van der Waals surface area contributed by atoms with Crippen molar-refractivity contribution in [3.63, 3.8) is 0 Å². The lowest BCUT2D eigenvalue weighted by atomic mass is 10.1. The average Bonchev–Trinajstić information content (AvgIpc) is 3.15. The third kappa shape index (κ3) is 4.92. The molecule has 28 heavy (non-hydrogen) atoms. The molecule has 2 aromatic carbocycles. The summed E-state index contributed by atoms with van der Waals surface area (Å²) in [7, 11) is -3.90. The van der Waals surface area contributed by atoms with E-state index in [-0.39, 0.29) is 23.1 Å². The lowest BCUT2D eigenvalue weighted by Crippen LogP contribution is -2.22. The first-order chi connectivity index (χ1) is 13.3. The summed E-state index contributed by atoms with van der Waals surface area (Å²) < 4.78 is 29.5. The second kappa shape index (κ2) is 8.47. The Kier molecular flexibility index (Phi) is 6.03. The van der Waals surface area contributed by atoms with E-state index in [1.165, 1.54) is 16.7 Å². The summed E-state index contributed by atoms with van der Waals surface area (Å²) in [6.07, 6.45) is 1.24. The minimum Gasteiger partial charge on any atom is -0.466 e. The van der Waals surface area contributed by atoms with Crippen molar-refractivity contribution >= 4 is 33.4 Å². The van der Waals surface area contributed by atoms with Crippen molar-refractivity contribution in [2.75, 3.05) is 4.42 Å². The Morgan fingerprint density at radius 2 is 1.75 bits per heavy atom. The smallest absolute Gasteiger partial charge is 0.251 e. The molecule has 0 atom stereocenters. The fourth-order valence-electron chi connectivity index (χ4n) is 2.57. The molecule has 0 saturated carbocycles. The van der Waals surface area contributed by atoms with Crippen molar-refractivity contribution in [1.29, 1.82) is 0 Å². The molecule has 1 amide bonds. The van der Waals surface area contributed by atoms with Crippen molar-refractivity contribution < 1.29 is 17.6 Å². The highest BCUT2D eigenvalue weighted by atomic mass is 35.5. The van der Waals surface area contributed by atoms with Gasteiger partial charge in [0.05, 0.1) is 18.5 Å². The number of carbonyl (C=O) groups excluding carboxylic acids is 1. The van der Waals surface area contributed by atoms with Crippen LogP contribution in [0.25, 0.3) is 0 Å². The molecule has 0 aliphatic carbocycles. The number of carbonyl (C=O) groups is 1. The van der Waals surface area contributed by atoms with Crippen LogP contribution >= 0.6 is 11.8 Å². The van der Waals surface area contributed by atoms with Crippen LogP contribution < -0.4 is 14.9 Å². The number of halogens is 1. The molecule has 0 fully saturated rings. The molecule has 0 saturated heterocycles. The Balaban J connectivity index is 1.63. The van der Waals surface area contributed by atoms with Gasteiger partial charge in [-0.15, -0.1) is 0 Å². The highest BCUT2D eigenvalue weighted by Gasteiger charge is 2.19. The average molecular weight is 420 g/mol. The van der Waals surface area contributed by atoms with E-state index in [4.69, 9.17) is 21.3 Å². The van der Waals surface area contributed by atoms with Gasteiger partial charge in [0, 0.05) is 23.9 Å². The van der Waals surface area contributed by atoms with Gasteiger partial charge in [-0.25, -0.2) is 13.6 Å². The molecule has 0 radical (unpaired) electrons. The third-order valence-corrected chi connectivity index (χ3v) is 5.29. The first-order valence-corrected chi connectivity index (χ1v) is 10.2. The number of benzene rings is 2. The standard InChI is InChI=1S/C19H18ClN3O4S/c20-23(13-17-18(10-11-27-17)28(21,25)26)16-8-6-15(7-9-16)19(24)22-12-14-4-2-1-3-5-14/h1-11H,12-13H2,(H,22,24)(H2,21,25,26). The second-order valence-corrected chi connectivity index (χ2v) is 7.93. The van der Waals surface area contributed by atoms with E-state index in [0.29, 0.717) is 17.8 Å². The van der Waals surface area contributed by atoms with Crippen molar-refractivity contribution in [3.8, 4) is 0 Å². The number of nitrogens with zero attached hydrogens (tertiary/aromatic N) is 1. The molecule has 3 aromatic rings. The maximum absolute atomic E-state index is 12.3. The van der Waals surface area contributed by atoms with Crippen LogP contribution in [0.2, 0.25) is 0 Å². The maximum atomic E-state index is 12.3. The van der Waals surface area contributed by atoms with Crippen molar-refractivity contribution in [2.24, 2.45) is 5.14 Å². The Morgan fingerprint density at radius 1 is 1.07 bits per heavy atom. The number of amides is 1. The van der Waals surface area contributed by atoms with Gasteiger partial charge in [0.1, 0.15) is 10.7 Å². The Labute approximate surface area is 167 Å². The first kappa shape index (κ1) is 19.9. The zero-order chi connectivity index (χ0) is 20.1. The van der Waals surface area contributed by atoms with Gasteiger partial charge in [-0.2, -0.15) is 0 Å². The first-order valence-electron chi connectivity index (χ1n) is 8.29. The zero-order valence-corrected chi connectivity index (χ0v) is 16.3. The fraction of sp³-hybridized carbons (Fsp3) is 0.105. The second-order valence-electron chi connectivity index (χ2n) is 5.99. The summed E-state index contributed by atoms with van der Waals surface area (Å²) >= 11 is 6.23. The van der Waals surface area contributed by atoms with Gasteiger partial charge in [0.15, 0.2) is 0 Å². The van der Waals surface area contributed by atoms with Gasteiger partial charge >= 0.3 is 0 Å². The molecule has 0 unspecified atom stereocenters. The molecule has 3 rings (SSSR count). The number of furan rings is 1. The lowest BCUT2D eigenvalue weighted by molar-refractivity contribution is 0.0951. The van der Waals surface area contributed by atoms with Crippen molar-refractivity contribution in [2.45, 2.75) is 18.0 Å². The number of hydrogen-bond acceptors (Lipinski definition) is 5. The van der Waals surface area contributed by atoms with Crippen molar-refractivity contribution in [3.05, 3.63) is 83.8 Å². The number of primary sulfonamides is 1. The van der Waals surface area contributed by atoms with Gasteiger partial charge < -0.3 is 9.73 Å². The van der Waals surface area contributed by atoms with Crippen LogP contribution in [0.5, 0.6) is 0 Å². The predicted molar refractivity (Wildman–Crippen MR) is 106 cm³/mol. The van der Waals surface area contributed by atoms with E-state index in [9.17, 15) is 13.2 Å². The Hall–Kier alpha value is -2.81. The SMILES string of the molecule is NS(=O)(=O)c1ccoc1CN(Cl)c1ccc(C(=O)NCc2ccccc2)cc1. The molecule has 7 nitrogen and oxygen atoms in total. The van der Waals surface area contributed by atoms with Crippen LogP contribution in [0.15, 0.2) is 76.2 Å². The molecule has 9 heteroatoms. The molecule has 0 aliphatic heterocycles. The molecular formula is C19H18ClN3O4S. The van der Waals surface area contributed by atoms with Crippen LogP contribution in [-0.4, -0.2) is 14.3 Å². The minimum absolute atomic E-state index is 0.0140.